The smallest absolute Gasteiger partial charge is 0.263 e. The van der Waals surface area contributed by atoms with Gasteiger partial charge in [-0.2, -0.15) is 5.26 Å². The molecule has 108 valence electrons. The number of anilines is 2. The van der Waals surface area contributed by atoms with Crippen LogP contribution in [0.2, 0.25) is 0 Å². The fourth-order valence-electron chi connectivity index (χ4n) is 1.98. The van der Waals surface area contributed by atoms with E-state index >= 15 is 0 Å². The first-order chi connectivity index (χ1) is 9.97. The zero-order chi connectivity index (χ0) is 15.5. The van der Waals surface area contributed by atoms with Gasteiger partial charge >= 0.3 is 0 Å². The van der Waals surface area contributed by atoms with Crippen LogP contribution in [0.5, 0.6) is 0 Å². The minimum atomic E-state index is -3.82. The summed E-state index contributed by atoms with van der Waals surface area (Å²) in [5.74, 6) is 0. The standard InChI is InChI=1S/C15H15N3O2S/c1-2-11-7-8-13(9-14(11)17)18-21(19,20)15-6-4-3-5-12(15)10-16/h3-9,18H,2,17H2,1H3. The highest BCUT2D eigenvalue weighted by Gasteiger charge is 2.18. The van der Waals surface area contributed by atoms with E-state index in [9.17, 15) is 8.42 Å². The second-order valence-electron chi connectivity index (χ2n) is 4.48. The van der Waals surface area contributed by atoms with Crippen LogP contribution < -0.4 is 10.5 Å². The van der Waals surface area contributed by atoms with Crippen molar-refractivity contribution in [3.8, 4) is 6.07 Å². The molecule has 3 N–H and O–H groups in total. The maximum Gasteiger partial charge on any atom is 0.263 e. The molecule has 2 rings (SSSR count). The Hall–Kier alpha value is -2.52. The summed E-state index contributed by atoms with van der Waals surface area (Å²) in [5, 5.41) is 9.00. The fourth-order valence-corrected chi connectivity index (χ4v) is 3.19. The average molecular weight is 301 g/mol. The van der Waals surface area contributed by atoms with E-state index in [0.29, 0.717) is 11.4 Å². The topological polar surface area (TPSA) is 96.0 Å². The Bertz CT molecular complexity index is 808. The van der Waals surface area contributed by atoms with Crippen LogP contribution in [0.1, 0.15) is 18.1 Å². The van der Waals surface area contributed by atoms with E-state index in [4.69, 9.17) is 11.0 Å². The van der Waals surface area contributed by atoms with Crippen molar-refractivity contribution in [2.75, 3.05) is 10.5 Å². The summed E-state index contributed by atoms with van der Waals surface area (Å²) in [6.45, 7) is 1.97. The average Bonchev–Trinajstić information content (AvgIpc) is 2.47. The molecule has 0 fully saturated rings. The maximum atomic E-state index is 12.3. The van der Waals surface area contributed by atoms with E-state index in [1.807, 2.05) is 13.0 Å². The maximum absolute atomic E-state index is 12.3. The van der Waals surface area contributed by atoms with Gasteiger partial charge in [-0.25, -0.2) is 8.42 Å². The molecule has 0 aromatic heterocycles. The number of hydrogen-bond acceptors (Lipinski definition) is 4. The lowest BCUT2D eigenvalue weighted by Crippen LogP contribution is -2.14. The highest BCUT2D eigenvalue weighted by molar-refractivity contribution is 7.92. The normalized spacial score (nSPS) is 10.9. The lowest BCUT2D eigenvalue weighted by atomic mass is 10.1. The number of sulfonamides is 1. The Labute approximate surface area is 124 Å². The predicted octanol–water partition coefficient (Wildman–Crippen LogP) is 2.50. The highest BCUT2D eigenvalue weighted by Crippen LogP contribution is 2.22. The van der Waals surface area contributed by atoms with Gasteiger partial charge in [-0.05, 0) is 36.2 Å². The summed E-state index contributed by atoms with van der Waals surface area (Å²) >= 11 is 0. The second kappa shape index (κ2) is 5.85. The van der Waals surface area contributed by atoms with E-state index < -0.39 is 10.0 Å². The number of nitrogen functional groups attached to an aromatic ring is 1. The van der Waals surface area contributed by atoms with Gasteiger partial charge in [0.25, 0.3) is 10.0 Å². The van der Waals surface area contributed by atoms with Crippen molar-refractivity contribution in [3.63, 3.8) is 0 Å². The third kappa shape index (κ3) is 3.15. The van der Waals surface area contributed by atoms with Gasteiger partial charge in [-0.3, -0.25) is 4.72 Å². The molecule has 0 aliphatic heterocycles. The summed E-state index contributed by atoms with van der Waals surface area (Å²) in [4.78, 5) is -0.0503. The Balaban J connectivity index is 2.38. The van der Waals surface area contributed by atoms with Crippen LogP contribution in [-0.2, 0) is 16.4 Å². The van der Waals surface area contributed by atoms with Crippen LogP contribution in [-0.4, -0.2) is 8.42 Å². The molecule has 0 aliphatic carbocycles. The molecule has 0 saturated carbocycles. The van der Waals surface area contributed by atoms with Crippen molar-refractivity contribution in [1.29, 1.82) is 5.26 Å². The van der Waals surface area contributed by atoms with Gasteiger partial charge in [0.05, 0.1) is 11.3 Å². The number of nitrogens with zero attached hydrogens (tertiary/aromatic N) is 1. The molecule has 6 heteroatoms. The molecule has 5 nitrogen and oxygen atoms in total. The van der Waals surface area contributed by atoms with Crippen molar-refractivity contribution < 1.29 is 8.42 Å². The lowest BCUT2D eigenvalue weighted by Gasteiger charge is -2.11. The molecule has 0 radical (unpaired) electrons. The Morgan fingerprint density at radius 3 is 2.57 bits per heavy atom. The third-order valence-electron chi connectivity index (χ3n) is 3.08. The van der Waals surface area contributed by atoms with Crippen molar-refractivity contribution in [1.82, 2.24) is 0 Å². The first kappa shape index (κ1) is 14.9. The van der Waals surface area contributed by atoms with Crippen molar-refractivity contribution in [3.05, 3.63) is 53.6 Å². The van der Waals surface area contributed by atoms with Crippen LogP contribution >= 0.6 is 0 Å². The minimum absolute atomic E-state index is 0.0503. The first-order valence-electron chi connectivity index (χ1n) is 6.38. The first-order valence-corrected chi connectivity index (χ1v) is 7.86. The number of nitriles is 1. The van der Waals surface area contributed by atoms with Gasteiger partial charge in [-0.1, -0.05) is 25.1 Å². The molecule has 0 atom stereocenters. The highest BCUT2D eigenvalue weighted by atomic mass is 32.2. The molecular formula is C15H15N3O2S. The molecule has 0 aliphatic rings. The Morgan fingerprint density at radius 1 is 1.24 bits per heavy atom. The molecule has 0 saturated heterocycles. The van der Waals surface area contributed by atoms with Gasteiger partial charge in [0, 0.05) is 5.69 Å². The number of nitrogens with two attached hydrogens (primary N) is 1. The molecule has 2 aromatic rings. The fraction of sp³-hybridized carbons (Fsp3) is 0.133. The molecule has 2 aromatic carbocycles. The zero-order valence-corrected chi connectivity index (χ0v) is 12.3. The molecule has 0 bridgehead atoms. The quantitative estimate of drug-likeness (QED) is 0.848. The van der Waals surface area contributed by atoms with Gasteiger partial charge in [0.2, 0.25) is 0 Å². The number of aryl methyl sites for hydroxylation is 1. The van der Waals surface area contributed by atoms with Crippen LogP contribution in [0.15, 0.2) is 47.4 Å². The SMILES string of the molecule is CCc1ccc(NS(=O)(=O)c2ccccc2C#N)cc1N. The molecular weight excluding hydrogens is 286 g/mol. The zero-order valence-electron chi connectivity index (χ0n) is 11.5. The second-order valence-corrected chi connectivity index (χ2v) is 6.13. The van der Waals surface area contributed by atoms with Crippen LogP contribution in [0.25, 0.3) is 0 Å². The largest absolute Gasteiger partial charge is 0.398 e. The van der Waals surface area contributed by atoms with Crippen LogP contribution in [0, 0.1) is 11.3 Å². The van der Waals surface area contributed by atoms with Crippen LogP contribution in [0.3, 0.4) is 0 Å². The van der Waals surface area contributed by atoms with Gasteiger partial charge in [0.1, 0.15) is 11.0 Å². The predicted molar refractivity (Wildman–Crippen MR) is 82.2 cm³/mol. The van der Waals surface area contributed by atoms with E-state index in [0.717, 1.165) is 12.0 Å². The molecule has 21 heavy (non-hydrogen) atoms. The number of rotatable bonds is 4. The van der Waals surface area contributed by atoms with Gasteiger partial charge in [-0.15, -0.1) is 0 Å². The summed E-state index contributed by atoms with van der Waals surface area (Å²) in [7, 11) is -3.82. The molecule has 0 amide bonds. The monoisotopic (exact) mass is 301 g/mol. The molecule has 0 spiro atoms. The van der Waals surface area contributed by atoms with Crippen molar-refractivity contribution in [2.24, 2.45) is 0 Å². The Morgan fingerprint density at radius 2 is 1.95 bits per heavy atom. The summed E-state index contributed by atoms with van der Waals surface area (Å²) in [6, 6.07) is 12.9. The summed E-state index contributed by atoms with van der Waals surface area (Å²) in [6.07, 6.45) is 0.774. The van der Waals surface area contributed by atoms with E-state index in [1.165, 1.54) is 12.1 Å². The lowest BCUT2D eigenvalue weighted by molar-refractivity contribution is 0.601. The van der Waals surface area contributed by atoms with Gasteiger partial charge < -0.3 is 5.73 Å². The minimum Gasteiger partial charge on any atom is -0.398 e. The number of nitrogens with one attached hydrogen (secondary N) is 1. The summed E-state index contributed by atoms with van der Waals surface area (Å²) in [5.41, 5.74) is 7.82. The molecule has 0 unspecified atom stereocenters. The van der Waals surface area contributed by atoms with E-state index in [1.54, 1.807) is 30.3 Å². The number of benzene rings is 2. The summed E-state index contributed by atoms with van der Waals surface area (Å²) < 4.78 is 27.1. The van der Waals surface area contributed by atoms with E-state index in [2.05, 4.69) is 4.72 Å². The van der Waals surface area contributed by atoms with Crippen LogP contribution in [0.4, 0.5) is 11.4 Å². The van der Waals surface area contributed by atoms with Gasteiger partial charge in [0.15, 0.2) is 0 Å². The third-order valence-corrected chi connectivity index (χ3v) is 4.52. The van der Waals surface area contributed by atoms with E-state index in [-0.39, 0.29) is 10.5 Å². The Kier molecular flexibility index (Phi) is 4.15. The van der Waals surface area contributed by atoms with Crippen molar-refractivity contribution >= 4 is 21.4 Å². The number of hydrogen-bond donors (Lipinski definition) is 2. The molecule has 0 heterocycles. The van der Waals surface area contributed by atoms with Crippen molar-refractivity contribution in [2.45, 2.75) is 18.2 Å².